The van der Waals surface area contributed by atoms with Crippen LogP contribution in [0, 0.1) is 0 Å². The molecule has 1 atom stereocenters. The van der Waals surface area contributed by atoms with Crippen LogP contribution in [-0.2, 0) is 21.9 Å². The highest BCUT2D eigenvalue weighted by Crippen LogP contribution is 2.25. The van der Waals surface area contributed by atoms with Gasteiger partial charge in [0.2, 0.25) is 11.8 Å². The molecule has 2 rings (SSSR count). The lowest BCUT2D eigenvalue weighted by Gasteiger charge is -2.28. The topological polar surface area (TPSA) is 49.4 Å². The Balaban J connectivity index is 2.03. The maximum atomic E-state index is 13.0. The third-order valence-electron chi connectivity index (χ3n) is 4.41. The van der Waals surface area contributed by atoms with Crippen LogP contribution in [0.2, 0.25) is 10.0 Å². The number of amides is 2. The third-order valence-corrected chi connectivity index (χ3v) is 5.96. The Bertz CT molecular complexity index is 818. The highest BCUT2D eigenvalue weighted by molar-refractivity contribution is 7.99. The summed E-state index contributed by atoms with van der Waals surface area (Å²) in [6.45, 7) is 4.76. The average molecular weight is 453 g/mol. The molecular weight excluding hydrogens is 427 g/mol. The van der Waals surface area contributed by atoms with Crippen molar-refractivity contribution < 1.29 is 9.59 Å². The molecule has 0 spiro atoms. The normalized spacial score (nSPS) is 11.7. The molecule has 1 N–H and O–H groups in total. The number of thioether (sulfide) groups is 1. The van der Waals surface area contributed by atoms with Crippen LogP contribution in [0.4, 0.5) is 0 Å². The summed E-state index contributed by atoms with van der Waals surface area (Å²) in [6.07, 6.45) is 0.850. The van der Waals surface area contributed by atoms with Crippen LogP contribution < -0.4 is 5.32 Å². The second-order valence-electron chi connectivity index (χ2n) is 6.70. The molecule has 7 heteroatoms. The number of nitrogens with zero attached hydrogens (tertiary/aromatic N) is 1. The first kappa shape index (κ1) is 23.6. The summed E-state index contributed by atoms with van der Waals surface area (Å²) in [6, 6.07) is 14.5. The first-order valence-electron chi connectivity index (χ1n) is 9.55. The first-order valence-corrected chi connectivity index (χ1v) is 11.5. The summed E-state index contributed by atoms with van der Waals surface area (Å²) < 4.78 is 0. The number of benzene rings is 2. The van der Waals surface area contributed by atoms with Gasteiger partial charge < -0.3 is 10.2 Å². The molecule has 0 bridgehead atoms. The van der Waals surface area contributed by atoms with Gasteiger partial charge in [-0.2, -0.15) is 0 Å². The lowest BCUT2D eigenvalue weighted by Crippen LogP contribution is -2.48. The molecule has 0 aliphatic rings. The Labute approximate surface area is 187 Å². The summed E-state index contributed by atoms with van der Waals surface area (Å²) >= 11 is 13.6. The zero-order chi connectivity index (χ0) is 21.2. The molecule has 0 aliphatic carbocycles. The van der Waals surface area contributed by atoms with Crippen molar-refractivity contribution in [1.29, 1.82) is 0 Å². The van der Waals surface area contributed by atoms with E-state index in [2.05, 4.69) is 5.32 Å². The van der Waals surface area contributed by atoms with E-state index in [-0.39, 0.29) is 17.6 Å². The highest BCUT2D eigenvalue weighted by atomic mass is 35.5. The third kappa shape index (κ3) is 7.57. The summed E-state index contributed by atoms with van der Waals surface area (Å²) in [4.78, 5) is 27.1. The average Bonchev–Trinajstić information content (AvgIpc) is 2.72. The van der Waals surface area contributed by atoms with Gasteiger partial charge in [0.1, 0.15) is 6.04 Å². The van der Waals surface area contributed by atoms with Crippen LogP contribution in [0.5, 0.6) is 0 Å². The standard InChI is InChI=1S/C22H26Cl2N2O2S/c1-3-11-25-22(28)16(2)26(13-17-7-5-4-6-8-17)21(27)15-29-14-18-9-10-19(23)12-20(18)24/h4-10,12,16H,3,11,13-15H2,1-2H3,(H,25,28)/t16-/m1/s1. The van der Waals surface area contributed by atoms with E-state index in [1.165, 1.54) is 11.8 Å². The summed E-state index contributed by atoms with van der Waals surface area (Å²) in [5, 5.41) is 4.05. The fourth-order valence-electron chi connectivity index (χ4n) is 2.73. The van der Waals surface area contributed by atoms with Crippen molar-refractivity contribution in [2.45, 2.75) is 38.6 Å². The maximum Gasteiger partial charge on any atom is 0.242 e. The predicted octanol–water partition coefficient (Wildman–Crippen LogP) is 5.17. The number of rotatable bonds is 10. The lowest BCUT2D eigenvalue weighted by atomic mass is 10.1. The molecule has 0 saturated heterocycles. The van der Waals surface area contributed by atoms with Gasteiger partial charge in [0, 0.05) is 28.9 Å². The van der Waals surface area contributed by atoms with E-state index in [4.69, 9.17) is 23.2 Å². The van der Waals surface area contributed by atoms with Gasteiger partial charge in [-0.1, -0.05) is 66.5 Å². The van der Waals surface area contributed by atoms with E-state index in [1.54, 1.807) is 24.0 Å². The number of halogens is 2. The van der Waals surface area contributed by atoms with E-state index < -0.39 is 6.04 Å². The molecule has 2 aromatic carbocycles. The van der Waals surface area contributed by atoms with E-state index in [1.807, 2.05) is 43.3 Å². The molecule has 0 fully saturated rings. The number of carbonyl (C=O) groups is 2. The highest BCUT2D eigenvalue weighted by Gasteiger charge is 2.25. The Kier molecular flexibility index (Phi) is 9.85. The Morgan fingerprint density at radius 2 is 1.86 bits per heavy atom. The quantitative estimate of drug-likeness (QED) is 0.540. The van der Waals surface area contributed by atoms with Crippen LogP contribution in [0.15, 0.2) is 48.5 Å². The molecule has 0 unspecified atom stereocenters. The van der Waals surface area contributed by atoms with Gasteiger partial charge in [0.15, 0.2) is 0 Å². The monoisotopic (exact) mass is 452 g/mol. The van der Waals surface area contributed by atoms with Crippen molar-refractivity contribution in [3.63, 3.8) is 0 Å². The number of nitrogens with one attached hydrogen (secondary N) is 1. The predicted molar refractivity (Wildman–Crippen MR) is 122 cm³/mol. The number of hydrogen-bond acceptors (Lipinski definition) is 3. The van der Waals surface area contributed by atoms with Crippen molar-refractivity contribution in [3.8, 4) is 0 Å². The Hall–Kier alpha value is -1.69. The molecule has 2 aromatic rings. The molecule has 0 aliphatic heterocycles. The zero-order valence-corrected chi connectivity index (χ0v) is 19.0. The van der Waals surface area contributed by atoms with Gasteiger partial charge in [-0.15, -0.1) is 11.8 Å². The van der Waals surface area contributed by atoms with Crippen molar-refractivity contribution in [2.75, 3.05) is 12.3 Å². The van der Waals surface area contributed by atoms with Crippen LogP contribution in [-0.4, -0.2) is 35.1 Å². The molecule has 0 heterocycles. The van der Waals surface area contributed by atoms with Crippen molar-refractivity contribution in [2.24, 2.45) is 0 Å². The molecule has 0 radical (unpaired) electrons. The molecule has 4 nitrogen and oxygen atoms in total. The summed E-state index contributed by atoms with van der Waals surface area (Å²) in [5.74, 6) is 0.638. The lowest BCUT2D eigenvalue weighted by molar-refractivity contribution is -0.138. The van der Waals surface area contributed by atoms with Gasteiger partial charge >= 0.3 is 0 Å². The van der Waals surface area contributed by atoms with Crippen LogP contribution in [0.25, 0.3) is 0 Å². The van der Waals surface area contributed by atoms with Gasteiger partial charge in [-0.25, -0.2) is 0 Å². The van der Waals surface area contributed by atoms with E-state index in [0.717, 1.165) is 17.5 Å². The largest absolute Gasteiger partial charge is 0.354 e. The Morgan fingerprint density at radius 1 is 1.14 bits per heavy atom. The van der Waals surface area contributed by atoms with Gasteiger partial charge in [-0.3, -0.25) is 9.59 Å². The minimum Gasteiger partial charge on any atom is -0.354 e. The first-order chi connectivity index (χ1) is 13.9. The molecule has 2 amide bonds. The minimum atomic E-state index is -0.547. The fraction of sp³-hybridized carbons (Fsp3) is 0.364. The second-order valence-corrected chi connectivity index (χ2v) is 8.53. The zero-order valence-electron chi connectivity index (χ0n) is 16.7. The molecule has 29 heavy (non-hydrogen) atoms. The molecular formula is C22H26Cl2N2O2S. The second kappa shape index (κ2) is 12.1. The van der Waals surface area contributed by atoms with Gasteiger partial charge in [0.05, 0.1) is 5.75 Å². The van der Waals surface area contributed by atoms with Crippen molar-refractivity contribution >= 4 is 46.8 Å². The van der Waals surface area contributed by atoms with Gasteiger partial charge in [0.25, 0.3) is 0 Å². The van der Waals surface area contributed by atoms with Crippen LogP contribution in [0.3, 0.4) is 0 Å². The van der Waals surface area contributed by atoms with E-state index >= 15 is 0 Å². The number of carbonyl (C=O) groups excluding carboxylic acids is 2. The van der Waals surface area contributed by atoms with Crippen molar-refractivity contribution in [1.82, 2.24) is 10.2 Å². The molecule has 0 aromatic heterocycles. The van der Waals surface area contributed by atoms with E-state index in [0.29, 0.717) is 28.9 Å². The number of hydrogen-bond donors (Lipinski definition) is 1. The van der Waals surface area contributed by atoms with E-state index in [9.17, 15) is 9.59 Å². The fourth-order valence-corrected chi connectivity index (χ4v) is 4.20. The van der Waals surface area contributed by atoms with Crippen LogP contribution in [0.1, 0.15) is 31.4 Å². The molecule has 0 saturated carbocycles. The maximum absolute atomic E-state index is 13.0. The Morgan fingerprint density at radius 3 is 2.52 bits per heavy atom. The molecule has 156 valence electrons. The van der Waals surface area contributed by atoms with Crippen molar-refractivity contribution in [3.05, 3.63) is 69.7 Å². The van der Waals surface area contributed by atoms with Gasteiger partial charge in [-0.05, 0) is 36.6 Å². The van der Waals surface area contributed by atoms with Crippen LogP contribution >= 0.6 is 35.0 Å². The minimum absolute atomic E-state index is 0.0805. The summed E-state index contributed by atoms with van der Waals surface area (Å²) in [7, 11) is 0. The summed E-state index contributed by atoms with van der Waals surface area (Å²) in [5.41, 5.74) is 1.92. The smallest absolute Gasteiger partial charge is 0.242 e. The SMILES string of the molecule is CCCNC(=O)[C@@H](C)N(Cc1ccccc1)C(=O)CSCc1ccc(Cl)cc1Cl.